The van der Waals surface area contributed by atoms with E-state index in [9.17, 15) is 0 Å². The summed E-state index contributed by atoms with van der Waals surface area (Å²) in [6, 6.07) is 0.315. The second kappa shape index (κ2) is 9.19. The Morgan fingerprint density at radius 3 is 1.56 bits per heavy atom. The van der Waals surface area contributed by atoms with E-state index < -0.39 is 16.5 Å². The summed E-state index contributed by atoms with van der Waals surface area (Å²) < 4.78 is 0. The van der Waals surface area contributed by atoms with Crippen molar-refractivity contribution < 1.29 is 16.5 Å². The summed E-state index contributed by atoms with van der Waals surface area (Å²) in [6.45, 7) is 0. The summed E-state index contributed by atoms with van der Waals surface area (Å²) in [6.07, 6.45) is 3.61. The van der Waals surface area contributed by atoms with Gasteiger partial charge < -0.3 is 11.9 Å². The van der Waals surface area contributed by atoms with E-state index in [2.05, 4.69) is 0 Å². The molecule has 1 rings (SSSR count). The minimum atomic E-state index is -0.472. The topological polar surface area (TPSA) is 57.3 Å². The standard InChI is InChI=1S/C4H8N.2ClH.H2N.Pt/c5-4-2-1-3-4;;;;/h4-5H,1-3H2;2*1H;1H2;/q-1;;;-1;+4/p-2. The van der Waals surface area contributed by atoms with Gasteiger partial charge in [0.05, 0.1) is 0 Å². The van der Waals surface area contributed by atoms with Crippen LogP contribution in [0, 0.1) is 0 Å². The van der Waals surface area contributed by atoms with Gasteiger partial charge in [0.2, 0.25) is 0 Å². The van der Waals surface area contributed by atoms with E-state index in [4.69, 9.17) is 24.6 Å². The van der Waals surface area contributed by atoms with Gasteiger partial charge in [0, 0.05) is 0 Å². The fourth-order valence-corrected chi connectivity index (χ4v) is 0.408. The zero-order valence-corrected chi connectivity index (χ0v) is 8.63. The van der Waals surface area contributed by atoms with Crippen molar-refractivity contribution in [2.45, 2.75) is 25.3 Å². The Morgan fingerprint density at radius 1 is 1.33 bits per heavy atom. The summed E-state index contributed by atoms with van der Waals surface area (Å²) in [5.41, 5.74) is 6.91. The van der Waals surface area contributed by atoms with Crippen LogP contribution in [0.15, 0.2) is 0 Å². The van der Waals surface area contributed by atoms with Gasteiger partial charge in [0.15, 0.2) is 0 Å². The molecule has 0 heterocycles. The fourth-order valence-electron chi connectivity index (χ4n) is 0.408. The van der Waals surface area contributed by atoms with Crippen LogP contribution in [0.4, 0.5) is 0 Å². The van der Waals surface area contributed by atoms with Gasteiger partial charge in [0.1, 0.15) is 0 Å². The van der Waals surface area contributed by atoms with Crippen LogP contribution in [0.5, 0.6) is 0 Å². The van der Waals surface area contributed by atoms with Crippen LogP contribution in [-0.4, -0.2) is 6.04 Å². The van der Waals surface area contributed by atoms with Crippen molar-refractivity contribution in [2.24, 2.45) is 0 Å². The summed E-state index contributed by atoms with van der Waals surface area (Å²) in [4.78, 5) is 0. The molecule has 0 aromatic carbocycles. The Kier molecular flexibility index (Phi) is 13.1. The van der Waals surface area contributed by atoms with Gasteiger partial charge in [-0.3, -0.25) is 0 Å². The predicted molar refractivity (Wildman–Crippen MR) is 39.0 cm³/mol. The van der Waals surface area contributed by atoms with E-state index in [-0.39, 0.29) is 6.15 Å². The molecule has 0 aliphatic heterocycles. The first-order valence-corrected chi connectivity index (χ1v) is 7.98. The molecule has 0 bridgehead atoms. The van der Waals surface area contributed by atoms with Crippen LogP contribution in [-0.2, 0) is 16.5 Å². The zero-order chi connectivity index (χ0) is 6.41. The molecule has 0 spiro atoms. The molecular weight excluding hydrogens is 342 g/mol. The number of hydrogen-bond acceptors (Lipinski definition) is 0. The van der Waals surface area contributed by atoms with Gasteiger partial charge in [-0.1, -0.05) is 19.3 Å². The Labute approximate surface area is 72.4 Å². The molecule has 60 valence electrons. The van der Waals surface area contributed by atoms with E-state index >= 15 is 0 Å². The molecule has 1 aliphatic carbocycles. The molecule has 3 N–H and O–H groups in total. The third-order valence-corrected chi connectivity index (χ3v) is 1.11. The quantitative estimate of drug-likeness (QED) is 0.639. The molecule has 2 nitrogen and oxygen atoms in total. The van der Waals surface area contributed by atoms with Crippen LogP contribution >= 0.6 is 18.8 Å². The minimum Gasteiger partial charge on any atom is -0.693 e. The summed E-state index contributed by atoms with van der Waals surface area (Å²) in [5.74, 6) is 0. The number of rotatable bonds is 0. The first-order valence-electron chi connectivity index (χ1n) is 2.34. The first kappa shape index (κ1) is 12.8. The van der Waals surface area contributed by atoms with Crippen molar-refractivity contribution in [2.75, 3.05) is 0 Å². The molecule has 1 saturated carbocycles. The second-order valence-corrected chi connectivity index (χ2v) is 4.96. The maximum absolute atomic E-state index is 6.91. The molecular formula is C4H10Cl2N2Pt. The molecule has 0 atom stereocenters. The molecule has 1 fully saturated rings. The van der Waals surface area contributed by atoms with Crippen molar-refractivity contribution in [1.82, 2.24) is 0 Å². The van der Waals surface area contributed by atoms with Crippen LogP contribution < -0.4 is 0 Å². The summed E-state index contributed by atoms with van der Waals surface area (Å²) >= 11 is -0.472. The molecule has 0 aromatic heterocycles. The monoisotopic (exact) mass is 351 g/mol. The van der Waals surface area contributed by atoms with Crippen molar-refractivity contribution in [1.29, 1.82) is 0 Å². The van der Waals surface area contributed by atoms with Crippen molar-refractivity contribution in [3.63, 3.8) is 0 Å². The predicted octanol–water partition coefficient (Wildman–Crippen LogP) is 3.68. The van der Waals surface area contributed by atoms with Gasteiger partial charge in [-0.2, -0.15) is 0 Å². The molecule has 0 unspecified atom stereocenters. The molecule has 9 heavy (non-hydrogen) atoms. The molecule has 1 aliphatic rings. The number of halogens is 2. The van der Waals surface area contributed by atoms with Crippen LogP contribution in [0.1, 0.15) is 19.3 Å². The average Bonchev–Trinajstić information content (AvgIpc) is 1.64. The summed E-state index contributed by atoms with van der Waals surface area (Å²) in [5, 5.41) is 0. The van der Waals surface area contributed by atoms with Gasteiger partial charge in [-0.25, -0.2) is 0 Å². The number of nitrogens with two attached hydrogens (primary N) is 1. The van der Waals surface area contributed by atoms with Gasteiger partial charge in [0.25, 0.3) is 0 Å². The Morgan fingerprint density at radius 2 is 1.56 bits per heavy atom. The summed E-state index contributed by atoms with van der Waals surface area (Å²) in [7, 11) is 9.75. The van der Waals surface area contributed by atoms with Crippen LogP contribution in [0.25, 0.3) is 11.9 Å². The minimum absolute atomic E-state index is 0. The van der Waals surface area contributed by atoms with Crippen molar-refractivity contribution in [3.8, 4) is 0 Å². The molecule has 0 amide bonds. The number of nitrogens with one attached hydrogen (secondary N) is 1. The molecule has 0 aromatic rings. The van der Waals surface area contributed by atoms with E-state index in [1.807, 2.05) is 0 Å². The Balaban J connectivity index is 0. The first-order chi connectivity index (χ1) is 3.81. The van der Waals surface area contributed by atoms with Crippen molar-refractivity contribution >= 4 is 18.8 Å². The van der Waals surface area contributed by atoms with Gasteiger partial charge >= 0.3 is 35.3 Å². The molecule has 0 saturated heterocycles. The van der Waals surface area contributed by atoms with E-state index in [1.54, 1.807) is 0 Å². The normalized spacial score (nSPS) is 16.8. The Hall–Kier alpha value is 1.19. The smallest absolute Gasteiger partial charge is 0.0561 e. The van der Waals surface area contributed by atoms with E-state index in [1.165, 1.54) is 6.42 Å². The average molecular weight is 352 g/mol. The second-order valence-electron chi connectivity index (χ2n) is 1.67. The fraction of sp³-hybridized carbons (Fsp3) is 1.00. The number of hydrogen-bond donors (Lipinski definition) is 0. The molecule has 0 radical (unpaired) electrons. The maximum Gasteiger partial charge on any atom is -0.0561 e. The largest absolute Gasteiger partial charge is 0.693 e. The maximum atomic E-state index is 6.91. The van der Waals surface area contributed by atoms with Gasteiger partial charge in [-0.15, -0.1) is 6.04 Å². The van der Waals surface area contributed by atoms with Gasteiger partial charge in [-0.05, 0) is 0 Å². The van der Waals surface area contributed by atoms with Crippen molar-refractivity contribution in [3.05, 3.63) is 11.9 Å². The Bertz CT molecular complexity index is 51.8. The van der Waals surface area contributed by atoms with E-state index in [0.29, 0.717) is 6.04 Å². The molecule has 5 heteroatoms. The SMILES string of the molecule is [Cl][Pt+2][Cl].[NH-]C1CCC1.[NH2-]. The third-order valence-electron chi connectivity index (χ3n) is 1.11. The zero-order valence-electron chi connectivity index (χ0n) is 4.85. The third kappa shape index (κ3) is 9.19. The van der Waals surface area contributed by atoms with Crippen LogP contribution in [0.2, 0.25) is 0 Å². The van der Waals surface area contributed by atoms with Crippen LogP contribution in [0.3, 0.4) is 0 Å². The van der Waals surface area contributed by atoms with E-state index in [0.717, 1.165) is 12.8 Å².